The monoisotopic (exact) mass is 408 g/mol. The Morgan fingerprint density at radius 1 is 0.857 bits per heavy atom. The number of sulfonamides is 1. The zero-order valence-electron chi connectivity index (χ0n) is 16.5. The summed E-state index contributed by atoms with van der Waals surface area (Å²) in [5, 5.41) is 9.78. The number of amides is 1. The van der Waals surface area contributed by atoms with Crippen LogP contribution in [0.3, 0.4) is 0 Å². The van der Waals surface area contributed by atoms with Gasteiger partial charge < -0.3 is 5.11 Å². The van der Waals surface area contributed by atoms with E-state index < -0.39 is 16.1 Å². The van der Waals surface area contributed by atoms with Gasteiger partial charge in [0.1, 0.15) is 0 Å². The second-order valence-electron chi connectivity index (χ2n) is 8.10. The van der Waals surface area contributed by atoms with E-state index in [0.29, 0.717) is 5.69 Å². The highest BCUT2D eigenvalue weighted by molar-refractivity contribution is 7.89. The van der Waals surface area contributed by atoms with Gasteiger partial charge in [0, 0.05) is 17.8 Å². The molecule has 0 spiro atoms. The fraction of sp³-hybridized carbons (Fsp3) is 0.667. The van der Waals surface area contributed by atoms with E-state index in [1.54, 1.807) is 12.1 Å². The topological polar surface area (TPSA) is 86.7 Å². The van der Waals surface area contributed by atoms with Crippen molar-refractivity contribution >= 4 is 21.8 Å². The predicted octanol–water partition coefficient (Wildman–Crippen LogP) is 4.89. The van der Waals surface area contributed by atoms with E-state index in [-0.39, 0.29) is 17.0 Å². The van der Waals surface area contributed by atoms with E-state index in [1.165, 1.54) is 29.9 Å². The molecule has 0 aliphatic heterocycles. The smallest absolute Gasteiger partial charge is 0.412 e. The summed E-state index contributed by atoms with van der Waals surface area (Å²) in [5.74, 6) is 0. The van der Waals surface area contributed by atoms with Crippen molar-refractivity contribution in [2.45, 2.75) is 94.0 Å². The average molecular weight is 409 g/mol. The van der Waals surface area contributed by atoms with Gasteiger partial charge in [-0.25, -0.2) is 17.9 Å². The Kier molecular flexibility index (Phi) is 7.35. The molecule has 0 aromatic heterocycles. The number of nitrogens with one attached hydrogen (secondary N) is 1. The minimum absolute atomic E-state index is 0.00358. The Morgan fingerprint density at radius 2 is 1.36 bits per heavy atom. The third-order valence-electron chi connectivity index (χ3n) is 6.00. The van der Waals surface area contributed by atoms with Crippen LogP contribution in [-0.4, -0.2) is 31.7 Å². The molecule has 1 amide bonds. The molecule has 0 unspecified atom stereocenters. The lowest BCUT2D eigenvalue weighted by atomic mass is 9.95. The molecule has 2 aliphatic rings. The minimum Gasteiger partial charge on any atom is -0.465 e. The summed E-state index contributed by atoms with van der Waals surface area (Å²) in [6.45, 7) is 0. The summed E-state index contributed by atoms with van der Waals surface area (Å²) >= 11 is 0. The zero-order chi connectivity index (χ0) is 20.0. The molecule has 0 radical (unpaired) electrons. The largest absolute Gasteiger partial charge is 0.465 e. The number of rotatable bonds is 5. The van der Waals surface area contributed by atoms with Crippen LogP contribution in [0.4, 0.5) is 10.5 Å². The fourth-order valence-corrected chi connectivity index (χ4v) is 5.77. The van der Waals surface area contributed by atoms with Crippen LogP contribution in [0.2, 0.25) is 0 Å². The molecule has 0 saturated heterocycles. The van der Waals surface area contributed by atoms with Crippen LogP contribution in [0.1, 0.15) is 77.0 Å². The maximum absolute atomic E-state index is 12.7. The van der Waals surface area contributed by atoms with Gasteiger partial charge in [-0.05, 0) is 49.9 Å². The number of carbonyl (C=O) groups is 1. The SMILES string of the molecule is O=C(O)N(c1ccc(S(=O)(=O)NC2CCCCC2)cc1)C1CCCCCCC1. The first-order chi connectivity index (χ1) is 13.5. The number of hydrogen-bond donors (Lipinski definition) is 2. The number of hydrogen-bond acceptors (Lipinski definition) is 3. The van der Waals surface area contributed by atoms with Gasteiger partial charge in [-0.3, -0.25) is 4.90 Å². The van der Waals surface area contributed by atoms with Crippen molar-refractivity contribution < 1.29 is 18.3 Å². The summed E-state index contributed by atoms with van der Waals surface area (Å²) < 4.78 is 28.1. The van der Waals surface area contributed by atoms with Gasteiger partial charge in [-0.15, -0.1) is 0 Å². The van der Waals surface area contributed by atoms with Crippen molar-refractivity contribution in [2.75, 3.05) is 4.90 Å². The van der Waals surface area contributed by atoms with Gasteiger partial charge in [-0.2, -0.15) is 0 Å². The normalized spacial score (nSPS) is 20.3. The van der Waals surface area contributed by atoms with E-state index in [2.05, 4.69) is 4.72 Å². The van der Waals surface area contributed by atoms with Gasteiger partial charge in [0.25, 0.3) is 0 Å². The quantitative estimate of drug-likeness (QED) is 0.726. The van der Waals surface area contributed by atoms with E-state index in [0.717, 1.165) is 64.2 Å². The van der Waals surface area contributed by atoms with E-state index in [4.69, 9.17) is 0 Å². The molecule has 156 valence electrons. The summed E-state index contributed by atoms with van der Waals surface area (Å²) in [6.07, 6.45) is 11.4. The third-order valence-corrected chi connectivity index (χ3v) is 7.53. The summed E-state index contributed by atoms with van der Waals surface area (Å²) in [4.78, 5) is 13.6. The Hall–Kier alpha value is -1.60. The van der Waals surface area contributed by atoms with Crippen LogP contribution >= 0.6 is 0 Å². The molecule has 0 bridgehead atoms. The fourth-order valence-electron chi connectivity index (χ4n) is 4.46. The molecule has 2 aliphatic carbocycles. The standard InChI is InChI=1S/C21H32N2O4S/c24-21(25)23(18-11-7-2-1-3-8-12-18)19-13-15-20(16-14-19)28(26,27)22-17-9-5-4-6-10-17/h13-18,22H,1-12H2,(H,24,25). The van der Waals surface area contributed by atoms with Crippen molar-refractivity contribution in [3.8, 4) is 0 Å². The highest BCUT2D eigenvalue weighted by atomic mass is 32.2. The van der Waals surface area contributed by atoms with Crippen molar-refractivity contribution in [3.05, 3.63) is 24.3 Å². The third kappa shape index (κ3) is 5.47. The Balaban J connectivity index is 1.74. The Morgan fingerprint density at radius 3 is 1.93 bits per heavy atom. The molecule has 7 heteroatoms. The van der Waals surface area contributed by atoms with Gasteiger partial charge in [0.2, 0.25) is 10.0 Å². The number of nitrogens with zero attached hydrogens (tertiary/aromatic N) is 1. The van der Waals surface area contributed by atoms with E-state index in [1.807, 2.05) is 0 Å². The maximum Gasteiger partial charge on any atom is 0.412 e. The molecule has 6 nitrogen and oxygen atoms in total. The van der Waals surface area contributed by atoms with Crippen LogP contribution < -0.4 is 9.62 Å². The first kappa shape index (κ1) is 21.1. The molecule has 28 heavy (non-hydrogen) atoms. The molecule has 3 rings (SSSR count). The summed E-state index contributed by atoms with van der Waals surface area (Å²) in [5.41, 5.74) is 0.551. The highest BCUT2D eigenvalue weighted by Gasteiger charge is 2.26. The van der Waals surface area contributed by atoms with Crippen LogP contribution in [0.5, 0.6) is 0 Å². The Labute approximate surface area is 168 Å². The van der Waals surface area contributed by atoms with Crippen molar-refractivity contribution in [1.82, 2.24) is 4.72 Å². The molecule has 2 saturated carbocycles. The Bertz CT molecular complexity index is 734. The van der Waals surface area contributed by atoms with Crippen LogP contribution in [0, 0.1) is 0 Å². The first-order valence-corrected chi connectivity index (χ1v) is 12.1. The highest BCUT2D eigenvalue weighted by Crippen LogP contribution is 2.28. The average Bonchev–Trinajstić information content (AvgIpc) is 2.64. The van der Waals surface area contributed by atoms with Gasteiger partial charge >= 0.3 is 6.09 Å². The molecular formula is C21H32N2O4S. The van der Waals surface area contributed by atoms with Crippen molar-refractivity contribution in [3.63, 3.8) is 0 Å². The molecule has 0 heterocycles. The molecular weight excluding hydrogens is 376 g/mol. The lowest BCUT2D eigenvalue weighted by molar-refractivity contribution is 0.197. The lowest BCUT2D eigenvalue weighted by Gasteiger charge is -2.31. The number of anilines is 1. The second-order valence-corrected chi connectivity index (χ2v) is 9.82. The van der Waals surface area contributed by atoms with Gasteiger partial charge in [-0.1, -0.05) is 51.4 Å². The van der Waals surface area contributed by atoms with Crippen molar-refractivity contribution in [1.29, 1.82) is 0 Å². The van der Waals surface area contributed by atoms with Gasteiger partial charge in [0.05, 0.1) is 4.90 Å². The zero-order valence-corrected chi connectivity index (χ0v) is 17.3. The summed E-state index contributed by atoms with van der Waals surface area (Å²) in [7, 11) is -3.57. The van der Waals surface area contributed by atoms with E-state index >= 15 is 0 Å². The lowest BCUT2D eigenvalue weighted by Crippen LogP contribution is -2.40. The maximum atomic E-state index is 12.7. The first-order valence-electron chi connectivity index (χ1n) is 10.6. The van der Waals surface area contributed by atoms with E-state index in [9.17, 15) is 18.3 Å². The molecule has 1 aromatic carbocycles. The van der Waals surface area contributed by atoms with Crippen molar-refractivity contribution in [2.24, 2.45) is 0 Å². The van der Waals surface area contributed by atoms with Gasteiger partial charge in [0.15, 0.2) is 0 Å². The molecule has 2 N–H and O–H groups in total. The summed E-state index contributed by atoms with van der Waals surface area (Å²) in [6, 6.07) is 6.27. The second kappa shape index (κ2) is 9.74. The number of benzene rings is 1. The molecule has 2 fully saturated rings. The van der Waals surface area contributed by atoms with Crippen LogP contribution in [0.15, 0.2) is 29.2 Å². The molecule has 0 atom stereocenters. The van der Waals surface area contributed by atoms with Crippen LogP contribution in [0.25, 0.3) is 0 Å². The predicted molar refractivity (Wildman–Crippen MR) is 110 cm³/mol. The minimum atomic E-state index is -3.57. The molecule has 1 aromatic rings. The number of carboxylic acid groups (broad SMARTS) is 1. The van der Waals surface area contributed by atoms with Crippen LogP contribution in [-0.2, 0) is 10.0 Å².